The molecule has 0 unspecified atom stereocenters. The largest absolute Gasteiger partial charge is 0.465 e. The molecule has 3 aliphatic rings. The number of nitrogens with zero attached hydrogens (tertiary/aromatic N) is 3. The van der Waals surface area contributed by atoms with Crippen molar-refractivity contribution in [3.63, 3.8) is 0 Å². The molecule has 346 valence electrons. The number of alkyl carbamates (subject to hydrolysis) is 2. The molecule has 0 bridgehead atoms. The number of benzene rings is 3. The monoisotopic (exact) mass is 907 g/mol. The Hall–Kier alpha value is -6.86. The topological polar surface area (TPSA) is 190 Å². The summed E-state index contributed by atoms with van der Waals surface area (Å²) in [6.07, 6.45) is -1.70. The summed E-state index contributed by atoms with van der Waals surface area (Å²) in [4.78, 5) is 81.5. The van der Waals surface area contributed by atoms with Gasteiger partial charge in [0.1, 0.15) is 29.9 Å². The van der Waals surface area contributed by atoms with Gasteiger partial charge in [-0.1, -0.05) is 27.7 Å². The van der Waals surface area contributed by atoms with Gasteiger partial charge in [0.05, 0.1) is 31.0 Å². The van der Waals surface area contributed by atoms with Gasteiger partial charge in [-0.3, -0.25) is 19.2 Å². The number of hydrogen-bond donors (Lipinski definition) is 4. The lowest BCUT2D eigenvalue weighted by molar-refractivity contribution is -0.139. The van der Waals surface area contributed by atoms with Gasteiger partial charge >= 0.3 is 12.2 Å². The number of nitrogens with one attached hydrogen (secondary N) is 4. The Bertz CT molecular complexity index is 2540. The lowest BCUT2D eigenvalue weighted by Gasteiger charge is -2.31. The third kappa shape index (κ3) is 8.97. The molecule has 0 aliphatic carbocycles. The average molecular weight is 908 g/mol. The van der Waals surface area contributed by atoms with Crippen molar-refractivity contribution in [2.75, 3.05) is 37.9 Å². The van der Waals surface area contributed by atoms with E-state index in [0.717, 1.165) is 0 Å². The zero-order valence-corrected chi connectivity index (χ0v) is 36.4. The van der Waals surface area contributed by atoms with Crippen LogP contribution >= 0.6 is 0 Å². The molecule has 2 fully saturated rings. The van der Waals surface area contributed by atoms with E-state index in [0.29, 0.717) is 53.5 Å². The van der Waals surface area contributed by atoms with Gasteiger partial charge in [-0.25, -0.2) is 27.2 Å². The van der Waals surface area contributed by atoms with Crippen LogP contribution in [0, 0.1) is 35.1 Å². The van der Waals surface area contributed by atoms with Crippen LogP contribution in [0.25, 0.3) is 22.2 Å². The van der Waals surface area contributed by atoms with Crippen LogP contribution in [0.15, 0.2) is 48.5 Å². The predicted molar refractivity (Wildman–Crippen MR) is 227 cm³/mol. The van der Waals surface area contributed by atoms with Gasteiger partial charge in [0.25, 0.3) is 0 Å². The number of rotatable bonds is 11. The molecule has 16 nitrogen and oxygen atoms in total. The van der Waals surface area contributed by atoms with Crippen molar-refractivity contribution in [1.82, 2.24) is 25.0 Å². The Morgan fingerprint density at radius 3 is 1.66 bits per heavy atom. The molecule has 3 aromatic carbocycles. The van der Waals surface area contributed by atoms with Crippen molar-refractivity contribution in [3.05, 3.63) is 77.4 Å². The first kappa shape index (κ1) is 46.1. The molecule has 0 radical (unpaired) electrons. The van der Waals surface area contributed by atoms with Crippen molar-refractivity contribution in [2.45, 2.75) is 83.8 Å². The molecular weight excluding hydrogens is 859 g/mol. The minimum absolute atomic E-state index is 0.0195. The molecular formula is C45H49F4N7O9. The smallest absolute Gasteiger partial charge is 0.407 e. The number of aromatic nitrogens is 1. The fourth-order valence-corrected chi connectivity index (χ4v) is 8.67. The van der Waals surface area contributed by atoms with E-state index in [1.165, 1.54) is 46.8 Å². The molecule has 65 heavy (non-hydrogen) atoms. The van der Waals surface area contributed by atoms with Crippen LogP contribution in [0.4, 0.5) is 38.5 Å². The predicted octanol–water partition coefficient (Wildman–Crippen LogP) is 6.42. The van der Waals surface area contributed by atoms with Crippen LogP contribution in [0.1, 0.15) is 65.2 Å². The Kier molecular flexibility index (Phi) is 13.3. The molecule has 4 N–H and O–H groups in total. The van der Waals surface area contributed by atoms with Crippen LogP contribution in [-0.4, -0.2) is 102 Å². The van der Waals surface area contributed by atoms with Gasteiger partial charge in [0.15, 0.2) is 23.3 Å². The van der Waals surface area contributed by atoms with Crippen LogP contribution in [0.3, 0.4) is 0 Å². The van der Waals surface area contributed by atoms with E-state index in [1.807, 2.05) is 0 Å². The zero-order chi connectivity index (χ0) is 47.0. The number of carbonyl (C=O) groups excluding carboxylic acids is 6. The molecule has 3 aliphatic heterocycles. The number of fused-ring (bicyclic) bond motifs is 5. The number of likely N-dealkylation sites (tertiary alicyclic amines) is 2. The van der Waals surface area contributed by atoms with Gasteiger partial charge in [0, 0.05) is 47.5 Å². The maximum absolute atomic E-state index is 15.6. The van der Waals surface area contributed by atoms with E-state index in [-0.39, 0.29) is 42.4 Å². The number of hydrogen-bond acceptors (Lipinski definition) is 9. The molecule has 7 rings (SSSR count). The van der Waals surface area contributed by atoms with Crippen LogP contribution in [-0.2, 0) is 28.7 Å². The first-order valence-electron chi connectivity index (χ1n) is 21.1. The molecule has 0 saturated carbocycles. The maximum Gasteiger partial charge on any atom is 0.407 e. The van der Waals surface area contributed by atoms with Gasteiger partial charge in [-0.05, 0) is 73.9 Å². The number of ether oxygens (including phenoxy) is 3. The number of methoxy groups -OCH3 is 2. The number of amides is 6. The highest BCUT2D eigenvalue weighted by molar-refractivity contribution is 6.02. The quantitative estimate of drug-likeness (QED) is 0.0972. The van der Waals surface area contributed by atoms with E-state index < -0.39 is 95.0 Å². The highest BCUT2D eigenvalue weighted by Gasteiger charge is 2.41. The van der Waals surface area contributed by atoms with E-state index in [4.69, 9.17) is 4.74 Å². The second-order valence-electron chi connectivity index (χ2n) is 16.8. The SMILES string of the molecule is COC(=O)N[C@H](C(=O)N1CCC[C@H]1C(=O)Nc1ccc2c(c1)O[C@@H](c1c(F)c(F)cc(F)c1F)n1c-2cc2cc(NC(=O)[C@@H]3CCCN3C(=O)[C@@H](NC(=O)OC)C(C)C)ccc21)C(C)C. The second-order valence-corrected chi connectivity index (χ2v) is 16.8. The van der Waals surface area contributed by atoms with Crippen LogP contribution < -0.4 is 26.0 Å². The molecule has 2 saturated heterocycles. The highest BCUT2D eigenvalue weighted by atomic mass is 19.2. The first-order valence-corrected chi connectivity index (χ1v) is 21.1. The fraction of sp³-hybridized carbons (Fsp3) is 0.422. The van der Waals surface area contributed by atoms with Gasteiger partial charge < -0.3 is 49.8 Å². The van der Waals surface area contributed by atoms with Crippen molar-refractivity contribution >= 4 is 58.1 Å². The Morgan fingerprint density at radius 1 is 0.677 bits per heavy atom. The number of anilines is 2. The number of carbonyl (C=O) groups is 6. The number of halogens is 4. The summed E-state index contributed by atoms with van der Waals surface area (Å²) < 4.78 is 77.8. The van der Waals surface area contributed by atoms with E-state index in [2.05, 4.69) is 30.7 Å². The molecule has 6 amide bonds. The summed E-state index contributed by atoms with van der Waals surface area (Å²) in [7, 11) is 2.35. The highest BCUT2D eigenvalue weighted by Crippen LogP contribution is 2.47. The normalized spacial score (nSPS) is 18.7. The summed E-state index contributed by atoms with van der Waals surface area (Å²) in [5, 5.41) is 11.1. The van der Waals surface area contributed by atoms with Crippen molar-refractivity contribution in [1.29, 1.82) is 0 Å². The Labute approximate surface area is 370 Å². The first-order chi connectivity index (χ1) is 30.9. The molecule has 0 spiro atoms. The molecule has 4 aromatic rings. The lowest BCUT2D eigenvalue weighted by Crippen LogP contribution is -2.54. The third-order valence-electron chi connectivity index (χ3n) is 12.0. The summed E-state index contributed by atoms with van der Waals surface area (Å²) in [5.41, 5.74) is 0.362. The van der Waals surface area contributed by atoms with E-state index in [1.54, 1.807) is 52.0 Å². The van der Waals surface area contributed by atoms with Gasteiger partial charge in [-0.2, -0.15) is 0 Å². The van der Waals surface area contributed by atoms with Crippen molar-refractivity contribution < 1.29 is 60.5 Å². The summed E-state index contributed by atoms with van der Waals surface area (Å²) in [5.74, 6) is -9.33. The van der Waals surface area contributed by atoms with Crippen molar-refractivity contribution in [2.24, 2.45) is 11.8 Å². The standard InChI is InChI=1S/C45H49F4N7O9/c1-21(2)37(52-44(61)63-5)41(59)54-15-7-9-30(54)39(57)50-24-12-14-29-23(17-24)18-32-26-13-11-25(19-33(26)65-43(56(29)32)34-35(48)27(46)20-28(47)36(34)49)51-40(58)31-10-8-16-55(31)42(60)38(22(3)4)53-45(62)64-6/h11-14,17-22,30-31,37-38,43H,7-10,15-16H2,1-6H3,(H,50,57)(H,51,58)(H,52,61)(H,53,62)/t30-,31-,37-,38-,43-/m0/s1. The minimum atomic E-state index is -1.82. The average Bonchev–Trinajstić information content (AvgIpc) is 4.05. The summed E-state index contributed by atoms with van der Waals surface area (Å²) in [6, 6.07) is 7.16. The molecule has 1 aromatic heterocycles. The Balaban J connectivity index is 1.19. The van der Waals surface area contributed by atoms with Crippen LogP contribution in [0.5, 0.6) is 5.75 Å². The van der Waals surface area contributed by atoms with E-state index >= 15 is 8.78 Å². The fourth-order valence-electron chi connectivity index (χ4n) is 8.67. The van der Waals surface area contributed by atoms with Crippen molar-refractivity contribution in [3.8, 4) is 17.0 Å². The Morgan fingerprint density at radius 2 is 1.17 bits per heavy atom. The minimum Gasteiger partial charge on any atom is -0.465 e. The van der Waals surface area contributed by atoms with Gasteiger partial charge in [0.2, 0.25) is 29.9 Å². The zero-order valence-electron chi connectivity index (χ0n) is 36.4. The third-order valence-corrected chi connectivity index (χ3v) is 12.0. The van der Waals surface area contributed by atoms with E-state index in [9.17, 15) is 37.5 Å². The molecule has 20 heteroatoms. The summed E-state index contributed by atoms with van der Waals surface area (Å²) in [6.45, 7) is 7.52. The molecule has 4 heterocycles. The maximum atomic E-state index is 15.6. The summed E-state index contributed by atoms with van der Waals surface area (Å²) >= 11 is 0. The lowest BCUT2D eigenvalue weighted by atomic mass is 10.0. The molecule has 5 atom stereocenters. The van der Waals surface area contributed by atoms with Crippen LogP contribution in [0.2, 0.25) is 0 Å². The van der Waals surface area contributed by atoms with Gasteiger partial charge in [-0.15, -0.1) is 0 Å². The second kappa shape index (κ2) is 18.7.